The van der Waals surface area contributed by atoms with Gasteiger partial charge in [0.25, 0.3) is 0 Å². The Morgan fingerprint density at radius 2 is 2.00 bits per heavy atom. The number of hydrogen-bond donors (Lipinski definition) is 0. The van der Waals surface area contributed by atoms with Gasteiger partial charge in [-0.2, -0.15) is 11.3 Å². The van der Waals surface area contributed by atoms with Crippen LogP contribution < -0.4 is 0 Å². The van der Waals surface area contributed by atoms with E-state index in [0.717, 1.165) is 0 Å². The van der Waals surface area contributed by atoms with Crippen molar-refractivity contribution in [2.75, 3.05) is 6.61 Å². The van der Waals surface area contributed by atoms with Crippen LogP contribution in [0, 0.1) is 0 Å². The lowest BCUT2D eigenvalue weighted by Crippen LogP contribution is -1.95. The maximum Gasteiger partial charge on any atom is 0.302 e. The van der Waals surface area contributed by atoms with Crippen molar-refractivity contribution in [1.82, 2.24) is 0 Å². The standard InChI is InChI=1S/C4H8O2.C4H4S/c1-3-6-4(2)5;1-2-4-5-3-1/h3H2,1-2H3;1-4H. The fourth-order valence-corrected chi connectivity index (χ4v) is 0.884. The average molecular weight is 172 g/mol. The van der Waals surface area contributed by atoms with Gasteiger partial charge in [0.15, 0.2) is 0 Å². The third-order valence-corrected chi connectivity index (χ3v) is 1.40. The van der Waals surface area contributed by atoms with Crippen LogP contribution >= 0.6 is 11.3 Å². The molecule has 62 valence electrons. The molecule has 2 nitrogen and oxygen atoms in total. The molecule has 0 N–H and O–H groups in total. The molecule has 1 aromatic heterocycles. The second-order valence-electron chi connectivity index (χ2n) is 1.72. The Morgan fingerprint density at radius 1 is 1.45 bits per heavy atom. The van der Waals surface area contributed by atoms with E-state index < -0.39 is 0 Å². The van der Waals surface area contributed by atoms with Crippen molar-refractivity contribution in [2.45, 2.75) is 13.8 Å². The van der Waals surface area contributed by atoms with Crippen molar-refractivity contribution < 1.29 is 9.53 Å². The largest absolute Gasteiger partial charge is 0.466 e. The molecule has 0 fully saturated rings. The zero-order valence-corrected chi connectivity index (χ0v) is 7.56. The lowest BCUT2D eigenvalue weighted by molar-refractivity contribution is -0.140. The number of carbonyl (C=O) groups excluding carboxylic acids is 1. The predicted molar refractivity (Wildman–Crippen MR) is 46.6 cm³/mol. The second-order valence-corrected chi connectivity index (χ2v) is 2.53. The number of hydrogen-bond acceptors (Lipinski definition) is 3. The molecule has 0 amide bonds. The van der Waals surface area contributed by atoms with Gasteiger partial charge in [0.1, 0.15) is 0 Å². The summed E-state index contributed by atoms with van der Waals surface area (Å²) in [6.07, 6.45) is 0. The Morgan fingerprint density at radius 3 is 2.09 bits per heavy atom. The van der Waals surface area contributed by atoms with Crippen molar-refractivity contribution in [1.29, 1.82) is 0 Å². The Bertz CT molecular complexity index is 153. The molecule has 0 unspecified atom stereocenters. The molecule has 0 atom stereocenters. The van der Waals surface area contributed by atoms with E-state index in [-0.39, 0.29) is 5.97 Å². The van der Waals surface area contributed by atoms with E-state index in [9.17, 15) is 4.79 Å². The summed E-state index contributed by atoms with van der Waals surface area (Å²) in [4.78, 5) is 9.82. The highest BCUT2D eigenvalue weighted by molar-refractivity contribution is 7.07. The second kappa shape index (κ2) is 7.28. The third-order valence-electron chi connectivity index (χ3n) is 0.773. The van der Waals surface area contributed by atoms with E-state index in [4.69, 9.17) is 0 Å². The first-order valence-corrected chi connectivity index (χ1v) is 4.32. The molecule has 0 spiro atoms. The highest BCUT2D eigenvalue weighted by Crippen LogP contribution is 1.91. The molecule has 0 aliphatic carbocycles. The van der Waals surface area contributed by atoms with Crippen LogP contribution in [0.1, 0.15) is 13.8 Å². The number of thiophene rings is 1. The normalized spacial score (nSPS) is 7.82. The first-order valence-electron chi connectivity index (χ1n) is 3.38. The van der Waals surface area contributed by atoms with Crippen LogP contribution in [0.25, 0.3) is 0 Å². The lowest BCUT2D eigenvalue weighted by Gasteiger charge is -1.89. The highest BCUT2D eigenvalue weighted by Gasteiger charge is 1.81. The van der Waals surface area contributed by atoms with Crippen LogP contribution in [0.4, 0.5) is 0 Å². The van der Waals surface area contributed by atoms with Gasteiger partial charge in [-0.05, 0) is 17.7 Å². The van der Waals surface area contributed by atoms with E-state index in [1.54, 1.807) is 18.3 Å². The van der Waals surface area contributed by atoms with Crippen molar-refractivity contribution in [3.63, 3.8) is 0 Å². The molecule has 0 aromatic carbocycles. The van der Waals surface area contributed by atoms with Crippen LogP contribution in [-0.2, 0) is 9.53 Å². The summed E-state index contributed by atoms with van der Waals surface area (Å²) < 4.78 is 4.40. The van der Waals surface area contributed by atoms with Gasteiger partial charge in [-0.25, -0.2) is 0 Å². The summed E-state index contributed by atoms with van der Waals surface area (Å²) in [6.45, 7) is 3.65. The molecule has 1 aromatic rings. The van der Waals surface area contributed by atoms with Gasteiger partial charge in [0.2, 0.25) is 0 Å². The Labute approximate surface area is 70.8 Å². The first kappa shape index (κ1) is 10.2. The number of ether oxygens (including phenoxy) is 1. The summed E-state index contributed by atoms with van der Waals surface area (Å²) in [5, 5.41) is 4.08. The fraction of sp³-hybridized carbons (Fsp3) is 0.375. The molecule has 0 radical (unpaired) electrons. The van der Waals surface area contributed by atoms with E-state index in [1.807, 2.05) is 22.9 Å². The maximum absolute atomic E-state index is 9.82. The van der Waals surface area contributed by atoms with Crippen molar-refractivity contribution >= 4 is 17.3 Å². The van der Waals surface area contributed by atoms with Crippen molar-refractivity contribution in [2.24, 2.45) is 0 Å². The van der Waals surface area contributed by atoms with Gasteiger partial charge in [0, 0.05) is 6.92 Å². The molecule has 0 aliphatic rings. The van der Waals surface area contributed by atoms with Crippen LogP contribution in [0.2, 0.25) is 0 Å². The molecule has 0 bridgehead atoms. The van der Waals surface area contributed by atoms with Crippen LogP contribution in [0.5, 0.6) is 0 Å². The molecular weight excluding hydrogens is 160 g/mol. The molecule has 1 rings (SSSR count). The topological polar surface area (TPSA) is 26.3 Å². The molecular formula is C8H12O2S. The minimum absolute atomic E-state index is 0.211. The zero-order valence-electron chi connectivity index (χ0n) is 6.74. The molecule has 11 heavy (non-hydrogen) atoms. The number of rotatable bonds is 1. The quantitative estimate of drug-likeness (QED) is 0.608. The minimum Gasteiger partial charge on any atom is -0.466 e. The van der Waals surface area contributed by atoms with Gasteiger partial charge in [-0.1, -0.05) is 12.1 Å². The minimum atomic E-state index is -0.211. The highest BCUT2D eigenvalue weighted by atomic mass is 32.1. The molecule has 3 heteroatoms. The summed E-state index contributed by atoms with van der Waals surface area (Å²) >= 11 is 1.71. The van der Waals surface area contributed by atoms with Gasteiger partial charge >= 0.3 is 5.97 Å². The van der Waals surface area contributed by atoms with Crippen molar-refractivity contribution in [3.05, 3.63) is 22.9 Å². The van der Waals surface area contributed by atoms with Gasteiger partial charge < -0.3 is 4.74 Å². The summed E-state index contributed by atoms with van der Waals surface area (Å²) in [6, 6.07) is 4.04. The predicted octanol–water partition coefficient (Wildman–Crippen LogP) is 2.32. The van der Waals surface area contributed by atoms with Crippen LogP contribution in [-0.4, -0.2) is 12.6 Å². The summed E-state index contributed by atoms with van der Waals surface area (Å²) in [5.41, 5.74) is 0. The summed E-state index contributed by atoms with van der Waals surface area (Å²) in [5.74, 6) is -0.211. The van der Waals surface area contributed by atoms with Gasteiger partial charge in [0.05, 0.1) is 6.61 Å². The fourth-order valence-electron chi connectivity index (χ4n) is 0.430. The molecule has 0 aliphatic heterocycles. The lowest BCUT2D eigenvalue weighted by atomic mass is 10.7. The Balaban J connectivity index is 0.000000183. The third kappa shape index (κ3) is 9.17. The number of carbonyl (C=O) groups is 1. The van der Waals surface area contributed by atoms with Gasteiger partial charge in [-0.3, -0.25) is 4.79 Å². The van der Waals surface area contributed by atoms with Crippen LogP contribution in [0.15, 0.2) is 22.9 Å². The SMILES string of the molecule is CCOC(C)=O.c1ccsc1. The Hall–Kier alpha value is -0.830. The van der Waals surface area contributed by atoms with E-state index >= 15 is 0 Å². The number of esters is 1. The van der Waals surface area contributed by atoms with E-state index in [0.29, 0.717) is 6.61 Å². The average Bonchev–Trinajstić information content (AvgIpc) is 2.41. The van der Waals surface area contributed by atoms with E-state index in [1.165, 1.54) is 6.92 Å². The van der Waals surface area contributed by atoms with Crippen LogP contribution in [0.3, 0.4) is 0 Å². The van der Waals surface area contributed by atoms with Crippen molar-refractivity contribution in [3.8, 4) is 0 Å². The monoisotopic (exact) mass is 172 g/mol. The molecule has 1 heterocycles. The van der Waals surface area contributed by atoms with E-state index in [2.05, 4.69) is 4.74 Å². The molecule has 0 saturated carbocycles. The smallest absolute Gasteiger partial charge is 0.302 e. The summed E-state index contributed by atoms with van der Waals surface area (Å²) in [7, 11) is 0. The molecule has 0 saturated heterocycles. The first-order chi connectivity index (χ1) is 5.27. The van der Waals surface area contributed by atoms with Gasteiger partial charge in [-0.15, -0.1) is 0 Å². The maximum atomic E-state index is 9.82. The Kier molecular flexibility index (Phi) is 6.73. The zero-order chi connectivity index (χ0) is 8.53.